The second-order valence-electron chi connectivity index (χ2n) is 6.64. The summed E-state index contributed by atoms with van der Waals surface area (Å²) in [6.45, 7) is 6.86. The largest absolute Gasteiger partial charge is 0.361 e. The van der Waals surface area contributed by atoms with Crippen molar-refractivity contribution in [1.82, 2.24) is 10.1 Å². The molecule has 0 saturated carbocycles. The Hall–Kier alpha value is -2.10. The molecule has 2 heterocycles. The summed E-state index contributed by atoms with van der Waals surface area (Å²) >= 11 is 0. The number of aryl methyl sites for hydroxylation is 2. The summed E-state index contributed by atoms with van der Waals surface area (Å²) in [7, 11) is 0. The normalized spacial score (nSPS) is 17.0. The molecule has 1 aliphatic rings. The van der Waals surface area contributed by atoms with Crippen LogP contribution in [0.2, 0.25) is 0 Å². The molecular weight excluding hydrogens is 300 g/mol. The first-order valence-electron chi connectivity index (χ1n) is 8.90. The maximum Gasteiger partial charge on any atom is 0.223 e. The van der Waals surface area contributed by atoms with Gasteiger partial charge in [0.2, 0.25) is 5.91 Å². The topological polar surface area (TPSA) is 46.3 Å². The van der Waals surface area contributed by atoms with Crippen LogP contribution in [0.5, 0.6) is 0 Å². The molecule has 0 N–H and O–H groups in total. The van der Waals surface area contributed by atoms with Gasteiger partial charge in [0, 0.05) is 18.5 Å². The fraction of sp³-hybridized carbons (Fsp3) is 0.500. The Kier molecular flexibility index (Phi) is 5.03. The average molecular weight is 326 g/mol. The van der Waals surface area contributed by atoms with Crippen molar-refractivity contribution in [3.8, 4) is 0 Å². The number of fused-ring (bicyclic) bond motifs is 1. The summed E-state index contributed by atoms with van der Waals surface area (Å²) in [6.07, 6.45) is 4.27. The molecule has 1 unspecified atom stereocenters. The minimum absolute atomic E-state index is 0.220. The lowest BCUT2D eigenvalue weighted by Gasteiger charge is -2.37. The number of nitrogens with zero attached hydrogens (tertiary/aromatic N) is 2. The molecule has 1 amide bonds. The smallest absolute Gasteiger partial charge is 0.223 e. The monoisotopic (exact) mass is 326 g/mol. The zero-order chi connectivity index (χ0) is 17.1. The highest BCUT2D eigenvalue weighted by Crippen LogP contribution is 2.33. The van der Waals surface area contributed by atoms with E-state index in [0.29, 0.717) is 12.8 Å². The molecule has 0 aliphatic carbocycles. The molecule has 4 heteroatoms. The summed E-state index contributed by atoms with van der Waals surface area (Å²) in [6, 6.07) is 8.78. The van der Waals surface area contributed by atoms with Crippen LogP contribution in [0.1, 0.15) is 60.4 Å². The highest BCUT2D eigenvalue weighted by Gasteiger charge is 2.29. The van der Waals surface area contributed by atoms with Gasteiger partial charge in [0.25, 0.3) is 0 Å². The molecule has 0 fully saturated rings. The van der Waals surface area contributed by atoms with Crippen molar-refractivity contribution in [1.29, 1.82) is 0 Å². The fourth-order valence-electron chi connectivity index (χ4n) is 3.77. The van der Waals surface area contributed by atoms with E-state index in [9.17, 15) is 4.79 Å². The van der Waals surface area contributed by atoms with Crippen LogP contribution in [0.4, 0.5) is 0 Å². The van der Waals surface area contributed by atoms with E-state index in [0.717, 1.165) is 42.8 Å². The van der Waals surface area contributed by atoms with Crippen molar-refractivity contribution in [3.63, 3.8) is 0 Å². The maximum absolute atomic E-state index is 12.9. The van der Waals surface area contributed by atoms with Crippen LogP contribution in [0, 0.1) is 13.8 Å². The van der Waals surface area contributed by atoms with Crippen molar-refractivity contribution in [2.75, 3.05) is 6.54 Å². The molecule has 0 saturated heterocycles. The molecule has 1 aromatic carbocycles. The van der Waals surface area contributed by atoms with Gasteiger partial charge in [0.05, 0.1) is 11.7 Å². The third kappa shape index (κ3) is 3.23. The molecule has 1 aromatic heterocycles. The van der Waals surface area contributed by atoms with Crippen LogP contribution in [0.25, 0.3) is 0 Å². The van der Waals surface area contributed by atoms with Crippen LogP contribution in [0.15, 0.2) is 28.8 Å². The Morgan fingerprint density at radius 2 is 2.12 bits per heavy atom. The second kappa shape index (κ2) is 7.20. The number of amides is 1. The minimum Gasteiger partial charge on any atom is -0.361 e. The highest BCUT2D eigenvalue weighted by molar-refractivity contribution is 5.77. The molecular formula is C20H26N2O2. The van der Waals surface area contributed by atoms with Gasteiger partial charge in [-0.2, -0.15) is 0 Å². The van der Waals surface area contributed by atoms with Crippen molar-refractivity contribution in [2.24, 2.45) is 0 Å². The first-order valence-corrected chi connectivity index (χ1v) is 8.90. The number of benzene rings is 1. The standard InChI is InChI=1S/C20H26N2O2/c1-4-7-19-18-9-6-5-8-16(18)12-13-22(19)20(23)11-10-17-14(2)21-24-15(17)3/h5-6,8-9,19H,4,7,10-13H2,1-3H3. The molecule has 4 nitrogen and oxygen atoms in total. The Morgan fingerprint density at radius 1 is 1.33 bits per heavy atom. The molecule has 3 rings (SSSR count). The van der Waals surface area contributed by atoms with E-state index >= 15 is 0 Å². The van der Waals surface area contributed by atoms with E-state index in [2.05, 4.69) is 41.2 Å². The Labute approximate surface area is 143 Å². The minimum atomic E-state index is 0.220. The number of rotatable bonds is 5. The zero-order valence-electron chi connectivity index (χ0n) is 14.8. The van der Waals surface area contributed by atoms with Gasteiger partial charge in [-0.1, -0.05) is 42.8 Å². The van der Waals surface area contributed by atoms with Gasteiger partial charge in [0.1, 0.15) is 5.76 Å². The molecule has 24 heavy (non-hydrogen) atoms. The molecule has 0 bridgehead atoms. The molecule has 1 aliphatic heterocycles. The summed E-state index contributed by atoms with van der Waals surface area (Å²) in [4.78, 5) is 15.0. The maximum atomic E-state index is 12.9. The predicted octanol–water partition coefficient (Wildman–Crippen LogP) is 4.15. The Morgan fingerprint density at radius 3 is 2.83 bits per heavy atom. The van der Waals surface area contributed by atoms with Crippen LogP contribution < -0.4 is 0 Å². The lowest BCUT2D eigenvalue weighted by molar-refractivity contribution is -0.134. The first kappa shape index (κ1) is 16.7. The van der Waals surface area contributed by atoms with E-state index in [1.807, 2.05) is 13.8 Å². The van der Waals surface area contributed by atoms with E-state index in [-0.39, 0.29) is 11.9 Å². The lowest BCUT2D eigenvalue weighted by Crippen LogP contribution is -2.40. The van der Waals surface area contributed by atoms with E-state index in [1.54, 1.807) is 0 Å². The van der Waals surface area contributed by atoms with E-state index in [1.165, 1.54) is 11.1 Å². The first-order chi connectivity index (χ1) is 11.6. The number of aromatic nitrogens is 1. The quantitative estimate of drug-likeness (QED) is 0.829. The zero-order valence-corrected chi connectivity index (χ0v) is 14.8. The molecule has 1 atom stereocenters. The van der Waals surface area contributed by atoms with Crippen molar-refractivity contribution < 1.29 is 9.32 Å². The number of hydrogen-bond donors (Lipinski definition) is 0. The average Bonchev–Trinajstić information content (AvgIpc) is 2.91. The Bertz CT molecular complexity index is 701. The van der Waals surface area contributed by atoms with E-state index < -0.39 is 0 Å². The van der Waals surface area contributed by atoms with Crippen molar-refractivity contribution in [2.45, 2.75) is 58.9 Å². The van der Waals surface area contributed by atoms with Gasteiger partial charge < -0.3 is 9.42 Å². The van der Waals surface area contributed by atoms with Gasteiger partial charge in [-0.25, -0.2) is 0 Å². The number of carbonyl (C=O) groups is 1. The second-order valence-corrected chi connectivity index (χ2v) is 6.64. The molecule has 128 valence electrons. The summed E-state index contributed by atoms with van der Waals surface area (Å²) in [5.74, 6) is 1.07. The predicted molar refractivity (Wildman–Crippen MR) is 93.8 cm³/mol. The SMILES string of the molecule is CCCC1c2ccccc2CCN1C(=O)CCc1c(C)noc1C. The third-order valence-corrected chi connectivity index (χ3v) is 5.06. The summed E-state index contributed by atoms with van der Waals surface area (Å²) in [5, 5.41) is 3.98. The summed E-state index contributed by atoms with van der Waals surface area (Å²) in [5.41, 5.74) is 4.70. The number of carbonyl (C=O) groups excluding carboxylic acids is 1. The van der Waals surface area contributed by atoms with E-state index in [4.69, 9.17) is 4.52 Å². The van der Waals surface area contributed by atoms with Gasteiger partial charge in [0.15, 0.2) is 0 Å². The van der Waals surface area contributed by atoms with Crippen LogP contribution in [0.3, 0.4) is 0 Å². The molecule has 0 spiro atoms. The van der Waals surface area contributed by atoms with Crippen molar-refractivity contribution in [3.05, 3.63) is 52.4 Å². The van der Waals surface area contributed by atoms with Gasteiger partial charge >= 0.3 is 0 Å². The van der Waals surface area contributed by atoms with Gasteiger partial charge in [-0.3, -0.25) is 4.79 Å². The fourth-order valence-corrected chi connectivity index (χ4v) is 3.77. The molecule has 0 radical (unpaired) electrons. The van der Waals surface area contributed by atoms with Crippen LogP contribution in [-0.2, 0) is 17.6 Å². The lowest BCUT2D eigenvalue weighted by atomic mass is 9.89. The van der Waals surface area contributed by atoms with Gasteiger partial charge in [-0.05, 0) is 44.2 Å². The van der Waals surface area contributed by atoms with Gasteiger partial charge in [-0.15, -0.1) is 0 Å². The molecule has 2 aromatic rings. The summed E-state index contributed by atoms with van der Waals surface area (Å²) < 4.78 is 5.20. The van der Waals surface area contributed by atoms with Crippen LogP contribution >= 0.6 is 0 Å². The highest BCUT2D eigenvalue weighted by atomic mass is 16.5. The number of hydrogen-bond acceptors (Lipinski definition) is 3. The van der Waals surface area contributed by atoms with Crippen molar-refractivity contribution >= 4 is 5.91 Å². The third-order valence-electron chi connectivity index (χ3n) is 5.06. The Balaban J connectivity index is 1.74. The van der Waals surface area contributed by atoms with Crippen LogP contribution in [-0.4, -0.2) is 22.5 Å².